The summed E-state index contributed by atoms with van der Waals surface area (Å²) in [4.78, 5) is 24.4. The molecular weight excluding hydrogens is 566 g/mol. The molecule has 9 heteroatoms. The Morgan fingerprint density at radius 1 is 0.957 bits per heavy atom. The highest BCUT2D eigenvalue weighted by Crippen LogP contribution is 2.10. The first-order valence-electron chi connectivity index (χ1n) is 7.58. The molecule has 0 amide bonds. The molecule has 0 saturated carbocycles. The fraction of sp³-hybridized carbons (Fsp3) is 0.857. The van der Waals surface area contributed by atoms with Crippen molar-refractivity contribution in [3.63, 3.8) is 0 Å². The maximum Gasteiger partial charge on any atom is 0.321 e. The van der Waals surface area contributed by atoms with E-state index in [0.29, 0.717) is 17.2 Å². The van der Waals surface area contributed by atoms with Gasteiger partial charge in [0.1, 0.15) is 22.8 Å². The largest absolute Gasteiger partial charge is 0.461 e. The third-order valence-electron chi connectivity index (χ3n) is 3.55. The third kappa shape index (κ3) is 8.65. The predicted molar refractivity (Wildman–Crippen MR) is 103 cm³/mol. The molecule has 1 fully saturated rings. The molecule has 1 saturated heterocycles. The van der Waals surface area contributed by atoms with Crippen LogP contribution in [0.1, 0.15) is 19.3 Å². The van der Waals surface area contributed by atoms with Crippen molar-refractivity contribution in [2.75, 3.05) is 36.9 Å². The first-order valence-corrected chi connectivity index (χ1v) is 11.7. The minimum Gasteiger partial charge on any atom is -0.461 e. The van der Waals surface area contributed by atoms with Gasteiger partial charge in [0.15, 0.2) is 6.10 Å². The lowest BCUT2D eigenvalue weighted by Gasteiger charge is -2.27. The lowest BCUT2D eigenvalue weighted by atomic mass is 10.1. The van der Waals surface area contributed by atoms with Crippen molar-refractivity contribution in [1.29, 1.82) is 0 Å². The summed E-state index contributed by atoms with van der Waals surface area (Å²) >= 11 is 13.0. The summed E-state index contributed by atoms with van der Waals surface area (Å²) in [6.07, 6.45) is 3.21. The van der Waals surface area contributed by atoms with E-state index in [1.807, 2.05) is 0 Å². The number of nitrogens with one attached hydrogen (secondary N) is 1. The van der Waals surface area contributed by atoms with Crippen LogP contribution >= 0.6 is 63.7 Å². The average molecular weight is 588 g/mol. The summed E-state index contributed by atoms with van der Waals surface area (Å²) < 4.78 is 10.8. The first kappa shape index (κ1) is 21.9. The van der Waals surface area contributed by atoms with Crippen molar-refractivity contribution in [3.05, 3.63) is 0 Å². The van der Waals surface area contributed by atoms with Crippen molar-refractivity contribution >= 4 is 75.7 Å². The molecular formula is C14H22Br4NO4+. The zero-order chi connectivity index (χ0) is 17.2. The number of piperidine rings is 1. The van der Waals surface area contributed by atoms with Crippen LogP contribution < -0.4 is 4.90 Å². The number of carbonyl (C=O) groups is 2. The van der Waals surface area contributed by atoms with Gasteiger partial charge in [-0.25, -0.2) is 0 Å². The molecule has 1 heterocycles. The second-order valence-electron chi connectivity index (χ2n) is 5.45. The average Bonchev–Trinajstić information content (AvgIpc) is 2.58. The Balaban J connectivity index is 2.55. The summed E-state index contributed by atoms with van der Waals surface area (Å²) in [6, 6.07) is 0. The fourth-order valence-electron chi connectivity index (χ4n) is 2.34. The molecule has 23 heavy (non-hydrogen) atoms. The van der Waals surface area contributed by atoms with Gasteiger partial charge in [-0.15, -0.1) is 0 Å². The van der Waals surface area contributed by atoms with Crippen LogP contribution in [0.4, 0.5) is 0 Å². The first-order chi connectivity index (χ1) is 11.0. The van der Waals surface area contributed by atoms with Crippen LogP contribution in [0, 0.1) is 0 Å². The minimum atomic E-state index is -0.423. The lowest BCUT2D eigenvalue weighted by molar-refractivity contribution is -0.907. The van der Waals surface area contributed by atoms with Gasteiger partial charge in [0, 0.05) is 10.7 Å². The quantitative estimate of drug-likeness (QED) is 0.331. The smallest absolute Gasteiger partial charge is 0.321 e. The van der Waals surface area contributed by atoms with Crippen molar-refractivity contribution in [1.82, 2.24) is 0 Å². The molecule has 1 rings (SSSR count). The fourth-order valence-corrected chi connectivity index (χ4v) is 3.11. The van der Waals surface area contributed by atoms with Crippen molar-refractivity contribution in [3.8, 4) is 0 Å². The van der Waals surface area contributed by atoms with E-state index >= 15 is 0 Å². The molecule has 0 aromatic rings. The molecule has 0 aliphatic carbocycles. The molecule has 3 unspecified atom stereocenters. The second kappa shape index (κ2) is 12.2. The molecule has 0 bridgehead atoms. The number of rotatable bonds is 9. The van der Waals surface area contributed by atoms with E-state index in [1.54, 1.807) is 0 Å². The number of halogens is 4. The van der Waals surface area contributed by atoms with E-state index in [4.69, 9.17) is 9.47 Å². The SMILES string of the molecule is O=C(OCC(C[NH+]1CCCCC1)OC(=O)C(Br)CBr)C(Br)CBr. The lowest BCUT2D eigenvalue weighted by Crippen LogP contribution is -3.14. The van der Waals surface area contributed by atoms with Gasteiger partial charge >= 0.3 is 11.9 Å². The maximum atomic E-state index is 12.0. The summed E-state index contributed by atoms with van der Waals surface area (Å²) in [6.45, 7) is 2.90. The molecule has 134 valence electrons. The number of alkyl halides is 4. The van der Waals surface area contributed by atoms with E-state index in [0.717, 1.165) is 13.1 Å². The Labute approximate surface area is 170 Å². The van der Waals surface area contributed by atoms with Gasteiger partial charge in [-0.1, -0.05) is 63.7 Å². The van der Waals surface area contributed by atoms with Gasteiger partial charge in [0.25, 0.3) is 0 Å². The number of esters is 2. The van der Waals surface area contributed by atoms with E-state index in [-0.39, 0.29) is 18.5 Å². The van der Waals surface area contributed by atoms with Crippen molar-refractivity contribution < 1.29 is 24.0 Å². The topological polar surface area (TPSA) is 57.0 Å². The second-order valence-corrected chi connectivity index (χ2v) is 8.95. The number of quaternary nitrogens is 1. The van der Waals surface area contributed by atoms with E-state index in [1.165, 1.54) is 24.2 Å². The van der Waals surface area contributed by atoms with E-state index in [9.17, 15) is 9.59 Å². The van der Waals surface area contributed by atoms with Crippen molar-refractivity contribution in [2.45, 2.75) is 35.0 Å². The number of hydrogen-bond donors (Lipinski definition) is 1. The molecule has 0 aromatic carbocycles. The Kier molecular flexibility index (Phi) is 11.6. The van der Waals surface area contributed by atoms with Crippen LogP contribution in [0.15, 0.2) is 0 Å². The van der Waals surface area contributed by atoms with Gasteiger partial charge in [0.2, 0.25) is 0 Å². The van der Waals surface area contributed by atoms with Gasteiger partial charge in [0.05, 0.1) is 13.1 Å². The number of carbonyl (C=O) groups excluding carboxylic acids is 2. The van der Waals surface area contributed by atoms with Crippen LogP contribution in [0.5, 0.6) is 0 Å². The van der Waals surface area contributed by atoms with Crippen LogP contribution in [0.3, 0.4) is 0 Å². The van der Waals surface area contributed by atoms with Crippen LogP contribution in [0.25, 0.3) is 0 Å². The summed E-state index contributed by atoms with van der Waals surface area (Å²) in [5.74, 6) is -0.692. The summed E-state index contributed by atoms with van der Waals surface area (Å²) in [5.41, 5.74) is 0. The molecule has 1 N–H and O–H groups in total. The molecule has 1 aliphatic rings. The highest BCUT2D eigenvalue weighted by Gasteiger charge is 2.27. The number of hydrogen-bond acceptors (Lipinski definition) is 4. The van der Waals surface area contributed by atoms with Gasteiger partial charge in [-0.05, 0) is 19.3 Å². The molecule has 0 spiro atoms. The maximum absolute atomic E-state index is 12.0. The monoisotopic (exact) mass is 584 g/mol. The number of ether oxygens (including phenoxy) is 2. The predicted octanol–water partition coefficient (Wildman–Crippen LogP) is 1.83. The highest BCUT2D eigenvalue weighted by atomic mass is 79.9. The summed E-state index contributed by atoms with van der Waals surface area (Å²) in [7, 11) is 0. The molecule has 0 aromatic heterocycles. The van der Waals surface area contributed by atoms with Crippen LogP contribution in [-0.4, -0.2) is 64.6 Å². The minimum absolute atomic E-state index is 0.0885. The zero-order valence-electron chi connectivity index (χ0n) is 12.7. The Morgan fingerprint density at radius 3 is 2.09 bits per heavy atom. The normalized spacial score (nSPS) is 19.7. The molecule has 1 aliphatic heterocycles. The molecule has 0 radical (unpaired) electrons. The van der Waals surface area contributed by atoms with Crippen LogP contribution in [0.2, 0.25) is 0 Å². The Bertz CT molecular complexity index is 380. The Morgan fingerprint density at radius 2 is 1.52 bits per heavy atom. The van der Waals surface area contributed by atoms with Gasteiger partial charge < -0.3 is 14.4 Å². The highest BCUT2D eigenvalue weighted by molar-refractivity contribution is 9.12. The van der Waals surface area contributed by atoms with E-state index < -0.39 is 15.8 Å². The third-order valence-corrected chi connectivity index (χ3v) is 7.98. The Hall–Kier alpha value is 0.820. The van der Waals surface area contributed by atoms with Crippen LogP contribution in [-0.2, 0) is 19.1 Å². The summed E-state index contributed by atoms with van der Waals surface area (Å²) in [5, 5.41) is 0.947. The van der Waals surface area contributed by atoms with Gasteiger partial charge in [-0.2, -0.15) is 0 Å². The standard InChI is InChI=1S/C14H21Br4NO4/c15-6-11(17)13(20)22-9-10(23-14(21)12(18)7-16)8-19-4-2-1-3-5-19/h10-12H,1-9H2/p+1. The zero-order valence-corrected chi connectivity index (χ0v) is 19.1. The van der Waals surface area contributed by atoms with Crippen molar-refractivity contribution in [2.24, 2.45) is 0 Å². The number of likely N-dealkylation sites (tertiary alicyclic amines) is 1. The molecule has 3 atom stereocenters. The van der Waals surface area contributed by atoms with E-state index in [2.05, 4.69) is 63.7 Å². The van der Waals surface area contributed by atoms with Gasteiger partial charge in [-0.3, -0.25) is 9.59 Å². The molecule has 5 nitrogen and oxygen atoms in total.